The summed E-state index contributed by atoms with van der Waals surface area (Å²) >= 11 is 6.25. The first-order chi connectivity index (χ1) is 13.3. The van der Waals surface area contributed by atoms with Crippen molar-refractivity contribution in [1.29, 1.82) is 0 Å². The molecule has 2 heterocycles. The summed E-state index contributed by atoms with van der Waals surface area (Å²) in [6.45, 7) is 4.62. The third-order valence-electron chi connectivity index (χ3n) is 5.74. The normalized spacial score (nSPS) is 16.7. The van der Waals surface area contributed by atoms with Gasteiger partial charge >= 0.3 is 0 Å². The van der Waals surface area contributed by atoms with Gasteiger partial charge in [0.2, 0.25) is 10.0 Å². The van der Waals surface area contributed by atoms with Gasteiger partial charge in [0.15, 0.2) is 0 Å². The molecule has 1 saturated heterocycles. The van der Waals surface area contributed by atoms with Crippen LogP contribution in [0.5, 0.6) is 0 Å². The van der Waals surface area contributed by atoms with Crippen LogP contribution in [0.15, 0.2) is 41.4 Å². The molecular weight excluding hydrogens is 399 g/mol. The van der Waals surface area contributed by atoms with Crippen molar-refractivity contribution in [3.63, 3.8) is 0 Å². The summed E-state index contributed by atoms with van der Waals surface area (Å²) in [4.78, 5) is 3.35. The first kappa shape index (κ1) is 19.4. The molecule has 0 unspecified atom stereocenters. The molecular formula is C21H22ClFN2O2S. The number of aromatic amines is 1. The highest BCUT2D eigenvalue weighted by Gasteiger charge is 2.32. The van der Waals surface area contributed by atoms with E-state index in [9.17, 15) is 12.8 Å². The van der Waals surface area contributed by atoms with Crippen molar-refractivity contribution >= 4 is 32.5 Å². The number of fused-ring (bicyclic) bond motifs is 1. The van der Waals surface area contributed by atoms with E-state index in [1.807, 2.05) is 20.0 Å². The first-order valence-corrected chi connectivity index (χ1v) is 11.1. The summed E-state index contributed by atoms with van der Waals surface area (Å²) < 4.78 is 41.4. The largest absolute Gasteiger partial charge is 0.361 e. The third-order valence-corrected chi connectivity index (χ3v) is 8.10. The van der Waals surface area contributed by atoms with Gasteiger partial charge in [0.05, 0.1) is 5.02 Å². The molecule has 0 bridgehead atoms. The summed E-state index contributed by atoms with van der Waals surface area (Å²) in [5.41, 5.74) is 3.82. The molecule has 4 rings (SSSR count). The molecule has 0 radical (unpaired) electrons. The Morgan fingerprint density at radius 2 is 1.79 bits per heavy atom. The van der Waals surface area contributed by atoms with Crippen LogP contribution in [0.25, 0.3) is 10.9 Å². The van der Waals surface area contributed by atoms with Crippen molar-refractivity contribution < 1.29 is 12.8 Å². The molecule has 7 heteroatoms. The molecule has 148 valence electrons. The Morgan fingerprint density at radius 1 is 1.11 bits per heavy atom. The second-order valence-corrected chi connectivity index (χ2v) is 9.79. The Labute approximate surface area is 169 Å². The van der Waals surface area contributed by atoms with Crippen molar-refractivity contribution in [2.45, 2.75) is 37.5 Å². The summed E-state index contributed by atoms with van der Waals surface area (Å²) in [6, 6.07) is 8.07. The molecule has 2 aromatic carbocycles. The van der Waals surface area contributed by atoms with Crippen LogP contribution in [-0.2, 0) is 10.0 Å². The van der Waals surface area contributed by atoms with Gasteiger partial charge in [-0.15, -0.1) is 0 Å². The minimum Gasteiger partial charge on any atom is -0.361 e. The first-order valence-electron chi connectivity index (χ1n) is 9.31. The van der Waals surface area contributed by atoms with E-state index >= 15 is 0 Å². The maximum atomic E-state index is 13.7. The number of halogens is 2. The second-order valence-electron chi connectivity index (χ2n) is 7.48. The molecule has 0 amide bonds. The van der Waals surface area contributed by atoms with Gasteiger partial charge in [0, 0.05) is 30.2 Å². The Bertz CT molecular complexity index is 1150. The minimum atomic E-state index is -3.64. The lowest BCUT2D eigenvalue weighted by Crippen LogP contribution is -2.38. The van der Waals surface area contributed by atoms with E-state index in [-0.39, 0.29) is 21.7 Å². The average Bonchev–Trinajstić information content (AvgIpc) is 3.07. The maximum absolute atomic E-state index is 13.7. The van der Waals surface area contributed by atoms with Crippen LogP contribution in [0.3, 0.4) is 0 Å². The Morgan fingerprint density at radius 3 is 2.50 bits per heavy atom. The quantitative estimate of drug-likeness (QED) is 0.637. The highest BCUT2D eigenvalue weighted by molar-refractivity contribution is 7.89. The fraction of sp³-hybridized carbons (Fsp3) is 0.333. The average molecular weight is 421 g/mol. The monoisotopic (exact) mass is 420 g/mol. The van der Waals surface area contributed by atoms with Gasteiger partial charge in [-0.25, -0.2) is 12.8 Å². The van der Waals surface area contributed by atoms with Crippen LogP contribution in [-0.4, -0.2) is 30.8 Å². The minimum absolute atomic E-state index is 0.171. The number of aryl methyl sites for hydroxylation is 2. The molecule has 1 aromatic heterocycles. The number of sulfonamides is 1. The molecule has 28 heavy (non-hydrogen) atoms. The van der Waals surface area contributed by atoms with Gasteiger partial charge in [-0.2, -0.15) is 4.31 Å². The van der Waals surface area contributed by atoms with Crippen LogP contribution < -0.4 is 0 Å². The molecule has 0 atom stereocenters. The standard InChI is InChI=1S/C21H22ClFN2O2S/c1-13-9-19(22)21(10-14(13)2)28(26,27)25-7-5-15(6-8-25)18-12-24-20-4-3-16(23)11-17(18)20/h3-4,9-12,15,24H,5-8H2,1-2H3. The molecule has 0 spiro atoms. The predicted molar refractivity (Wildman–Crippen MR) is 110 cm³/mol. The molecule has 1 aliphatic rings. The number of H-pyrrole nitrogens is 1. The fourth-order valence-electron chi connectivity index (χ4n) is 3.95. The van der Waals surface area contributed by atoms with E-state index in [1.165, 1.54) is 10.4 Å². The number of hydrogen-bond acceptors (Lipinski definition) is 2. The zero-order valence-corrected chi connectivity index (χ0v) is 17.4. The van der Waals surface area contributed by atoms with Crippen LogP contribution in [0.2, 0.25) is 5.02 Å². The van der Waals surface area contributed by atoms with Gasteiger partial charge in [0.25, 0.3) is 0 Å². The van der Waals surface area contributed by atoms with Gasteiger partial charge in [0.1, 0.15) is 10.7 Å². The molecule has 1 fully saturated rings. The van der Waals surface area contributed by atoms with E-state index in [4.69, 9.17) is 11.6 Å². The van der Waals surface area contributed by atoms with Crippen molar-refractivity contribution in [3.05, 3.63) is 64.1 Å². The van der Waals surface area contributed by atoms with Crippen molar-refractivity contribution in [1.82, 2.24) is 9.29 Å². The van der Waals surface area contributed by atoms with E-state index in [0.29, 0.717) is 25.9 Å². The summed E-state index contributed by atoms with van der Waals surface area (Å²) in [5, 5.41) is 1.14. The van der Waals surface area contributed by atoms with Gasteiger partial charge < -0.3 is 4.98 Å². The lowest BCUT2D eigenvalue weighted by atomic mass is 9.90. The summed E-state index contributed by atoms with van der Waals surface area (Å²) in [5.74, 6) is -0.0741. The van der Waals surface area contributed by atoms with Crippen LogP contribution in [0, 0.1) is 19.7 Å². The SMILES string of the molecule is Cc1cc(Cl)c(S(=O)(=O)N2CCC(c3c[nH]c4ccc(F)cc34)CC2)cc1C. The smallest absolute Gasteiger partial charge is 0.244 e. The van der Waals surface area contributed by atoms with E-state index in [2.05, 4.69) is 4.98 Å². The van der Waals surface area contributed by atoms with E-state index in [1.54, 1.807) is 24.3 Å². The van der Waals surface area contributed by atoms with E-state index < -0.39 is 10.0 Å². The van der Waals surface area contributed by atoms with Crippen molar-refractivity contribution in [2.24, 2.45) is 0 Å². The van der Waals surface area contributed by atoms with Crippen LogP contribution in [0.1, 0.15) is 35.4 Å². The Balaban J connectivity index is 1.57. The zero-order valence-electron chi connectivity index (χ0n) is 15.8. The number of nitrogens with one attached hydrogen (secondary N) is 1. The van der Waals surface area contributed by atoms with Crippen LogP contribution in [0.4, 0.5) is 4.39 Å². The number of benzene rings is 2. The molecule has 4 nitrogen and oxygen atoms in total. The fourth-order valence-corrected chi connectivity index (χ4v) is 6.06. The van der Waals surface area contributed by atoms with Crippen LogP contribution >= 0.6 is 11.6 Å². The molecule has 1 aliphatic heterocycles. The number of hydrogen-bond donors (Lipinski definition) is 1. The number of nitrogens with zero attached hydrogens (tertiary/aromatic N) is 1. The molecule has 0 saturated carbocycles. The number of piperidine rings is 1. The lowest BCUT2D eigenvalue weighted by molar-refractivity contribution is 0.320. The highest BCUT2D eigenvalue weighted by Crippen LogP contribution is 2.36. The third kappa shape index (κ3) is 3.34. The summed E-state index contributed by atoms with van der Waals surface area (Å²) in [6.07, 6.45) is 3.29. The zero-order chi connectivity index (χ0) is 20.1. The van der Waals surface area contributed by atoms with E-state index in [0.717, 1.165) is 27.6 Å². The Kier molecular flexibility index (Phi) is 4.98. The second kappa shape index (κ2) is 7.17. The lowest BCUT2D eigenvalue weighted by Gasteiger charge is -2.31. The molecule has 3 aromatic rings. The van der Waals surface area contributed by atoms with Crippen molar-refractivity contribution in [3.8, 4) is 0 Å². The molecule has 1 N–H and O–H groups in total. The van der Waals surface area contributed by atoms with Crippen molar-refractivity contribution in [2.75, 3.05) is 13.1 Å². The van der Waals surface area contributed by atoms with Gasteiger partial charge in [-0.05, 0) is 79.6 Å². The Hall–Kier alpha value is -1.89. The highest BCUT2D eigenvalue weighted by atomic mass is 35.5. The van der Waals surface area contributed by atoms with Gasteiger partial charge in [-0.1, -0.05) is 11.6 Å². The number of aromatic nitrogens is 1. The number of rotatable bonds is 3. The maximum Gasteiger partial charge on any atom is 0.244 e. The molecule has 0 aliphatic carbocycles. The summed E-state index contributed by atoms with van der Waals surface area (Å²) in [7, 11) is -3.64. The topological polar surface area (TPSA) is 53.2 Å². The predicted octanol–water partition coefficient (Wildman–Crippen LogP) is 5.15. The van der Waals surface area contributed by atoms with Gasteiger partial charge in [-0.3, -0.25) is 0 Å².